The zero-order valence-electron chi connectivity index (χ0n) is 25.6. The van der Waals surface area contributed by atoms with Gasteiger partial charge in [-0.25, -0.2) is 18.9 Å². The van der Waals surface area contributed by atoms with Crippen molar-refractivity contribution in [3.05, 3.63) is 60.0 Å². The van der Waals surface area contributed by atoms with Crippen molar-refractivity contribution in [1.29, 1.82) is 0 Å². The van der Waals surface area contributed by atoms with E-state index in [0.29, 0.717) is 41.3 Å². The number of aromatic nitrogens is 4. The SMILES string of the molecule is O=C(NCCN1CCOCC1)c1ccc2c(-c3ccnc(NC4CCCC4)n3)c(-c3ccc(F)cc3)nn2c1NC1CCCC1. The Bertz CT molecular complexity index is 1620. The van der Waals surface area contributed by atoms with Gasteiger partial charge in [0.2, 0.25) is 5.95 Å². The minimum atomic E-state index is -0.311. The zero-order valence-corrected chi connectivity index (χ0v) is 25.6. The molecule has 45 heavy (non-hydrogen) atoms. The molecule has 2 saturated carbocycles. The standard InChI is InChI=1S/C34H41FN8O2/c35-24-11-9-23(10-12-24)31-30(28-15-16-37-34(40-28)39-26-7-3-4-8-26)29-14-13-27(32(43(29)41-31)38-25-5-1-2-6-25)33(44)36-17-18-42-19-21-45-22-20-42/h9-16,25-26,38H,1-8,17-22H2,(H,36,44)(H,37,39,40). The van der Waals surface area contributed by atoms with E-state index in [0.717, 1.165) is 88.0 Å². The molecule has 2 aliphatic carbocycles. The van der Waals surface area contributed by atoms with Crippen LogP contribution in [-0.2, 0) is 4.74 Å². The predicted octanol–water partition coefficient (Wildman–Crippen LogP) is 5.37. The van der Waals surface area contributed by atoms with Crippen LogP contribution in [0.4, 0.5) is 16.2 Å². The third-order valence-electron chi connectivity index (χ3n) is 9.27. The molecule has 1 amide bonds. The number of halogens is 1. The number of carbonyl (C=O) groups is 1. The molecular weight excluding hydrogens is 571 g/mol. The fourth-order valence-corrected chi connectivity index (χ4v) is 6.83. The highest BCUT2D eigenvalue weighted by atomic mass is 19.1. The molecule has 0 radical (unpaired) electrons. The van der Waals surface area contributed by atoms with E-state index in [4.69, 9.17) is 14.8 Å². The molecule has 3 fully saturated rings. The maximum atomic E-state index is 14.0. The minimum Gasteiger partial charge on any atom is -0.379 e. The van der Waals surface area contributed by atoms with Gasteiger partial charge in [0.15, 0.2) is 0 Å². The Morgan fingerprint density at radius 3 is 2.36 bits per heavy atom. The van der Waals surface area contributed by atoms with Crippen LogP contribution in [0.1, 0.15) is 61.7 Å². The molecule has 0 atom stereocenters. The molecule has 10 nitrogen and oxygen atoms in total. The second kappa shape index (κ2) is 13.5. The molecular formula is C34H41FN8O2. The van der Waals surface area contributed by atoms with Gasteiger partial charge in [-0.15, -0.1) is 0 Å². The van der Waals surface area contributed by atoms with Crippen molar-refractivity contribution in [1.82, 2.24) is 29.8 Å². The van der Waals surface area contributed by atoms with Crippen molar-refractivity contribution >= 4 is 23.2 Å². The lowest BCUT2D eigenvalue weighted by Gasteiger charge is -2.26. The van der Waals surface area contributed by atoms with E-state index < -0.39 is 0 Å². The summed E-state index contributed by atoms with van der Waals surface area (Å²) in [4.78, 5) is 25.5. The summed E-state index contributed by atoms with van der Waals surface area (Å²) in [6.07, 6.45) is 10.8. The summed E-state index contributed by atoms with van der Waals surface area (Å²) in [5.41, 5.74) is 4.32. The molecule has 3 N–H and O–H groups in total. The van der Waals surface area contributed by atoms with E-state index in [1.807, 2.05) is 22.7 Å². The molecule has 4 heterocycles. The van der Waals surface area contributed by atoms with E-state index in [2.05, 4.69) is 25.8 Å². The summed E-state index contributed by atoms with van der Waals surface area (Å²) in [6.45, 7) is 4.51. The molecule has 4 aromatic rings. The fraction of sp³-hybridized carbons (Fsp3) is 0.471. The molecule has 3 aromatic heterocycles. The van der Waals surface area contributed by atoms with E-state index in [1.165, 1.54) is 25.0 Å². The first-order chi connectivity index (χ1) is 22.1. The summed E-state index contributed by atoms with van der Waals surface area (Å²) >= 11 is 0. The highest BCUT2D eigenvalue weighted by molar-refractivity contribution is 6.01. The lowest BCUT2D eigenvalue weighted by Crippen LogP contribution is -2.41. The van der Waals surface area contributed by atoms with Crippen LogP contribution in [-0.4, -0.2) is 81.9 Å². The van der Waals surface area contributed by atoms with Crippen molar-refractivity contribution in [2.75, 3.05) is 50.0 Å². The molecule has 1 aliphatic heterocycles. The van der Waals surface area contributed by atoms with Crippen molar-refractivity contribution in [3.63, 3.8) is 0 Å². The van der Waals surface area contributed by atoms with Gasteiger partial charge in [0.1, 0.15) is 17.3 Å². The molecule has 7 rings (SSSR count). The van der Waals surface area contributed by atoms with Crippen LogP contribution in [0.15, 0.2) is 48.7 Å². The highest BCUT2D eigenvalue weighted by Gasteiger charge is 2.26. The van der Waals surface area contributed by atoms with Crippen molar-refractivity contribution < 1.29 is 13.9 Å². The lowest BCUT2D eigenvalue weighted by molar-refractivity contribution is 0.0383. The topological polar surface area (TPSA) is 109 Å². The lowest BCUT2D eigenvalue weighted by atomic mass is 10.0. The maximum Gasteiger partial charge on any atom is 0.255 e. The quantitative estimate of drug-likeness (QED) is 0.220. The van der Waals surface area contributed by atoms with Crippen LogP contribution in [0.2, 0.25) is 0 Å². The number of hydrogen-bond donors (Lipinski definition) is 3. The van der Waals surface area contributed by atoms with Crippen molar-refractivity contribution in [3.8, 4) is 22.5 Å². The van der Waals surface area contributed by atoms with Crippen LogP contribution in [0.25, 0.3) is 28.0 Å². The number of anilines is 2. The number of rotatable bonds is 10. The monoisotopic (exact) mass is 612 g/mol. The minimum absolute atomic E-state index is 0.142. The van der Waals surface area contributed by atoms with Gasteiger partial charge in [-0.2, -0.15) is 5.10 Å². The van der Waals surface area contributed by atoms with Gasteiger partial charge in [-0.1, -0.05) is 25.7 Å². The zero-order chi connectivity index (χ0) is 30.6. The first-order valence-corrected chi connectivity index (χ1v) is 16.4. The molecule has 1 aromatic carbocycles. The third-order valence-corrected chi connectivity index (χ3v) is 9.27. The largest absolute Gasteiger partial charge is 0.379 e. The Hall–Kier alpha value is -4.09. The Balaban J connectivity index is 1.29. The van der Waals surface area contributed by atoms with Crippen molar-refractivity contribution in [2.24, 2.45) is 0 Å². The molecule has 3 aliphatic rings. The number of carbonyl (C=O) groups excluding carboxylic acids is 1. The smallest absolute Gasteiger partial charge is 0.255 e. The average Bonchev–Trinajstić information content (AvgIpc) is 3.84. The normalized spacial score (nSPS) is 18.1. The summed E-state index contributed by atoms with van der Waals surface area (Å²) in [6, 6.07) is 12.7. The number of pyridine rings is 1. The van der Waals surface area contributed by atoms with E-state index in [1.54, 1.807) is 18.3 Å². The molecule has 236 valence electrons. The van der Waals surface area contributed by atoms with Gasteiger partial charge in [0, 0.05) is 50.0 Å². The average molecular weight is 613 g/mol. The number of hydrogen-bond acceptors (Lipinski definition) is 8. The van der Waals surface area contributed by atoms with Crippen LogP contribution in [0.3, 0.4) is 0 Å². The number of nitrogens with zero attached hydrogens (tertiary/aromatic N) is 5. The summed E-state index contributed by atoms with van der Waals surface area (Å²) in [5.74, 6) is 0.797. The van der Waals surface area contributed by atoms with E-state index >= 15 is 0 Å². The van der Waals surface area contributed by atoms with Gasteiger partial charge in [0.05, 0.1) is 35.6 Å². The predicted molar refractivity (Wildman–Crippen MR) is 173 cm³/mol. The van der Waals surface area contributed by atoms with Gasteiger partial charge >= 0.3 is 0 Å². The van der Waals surface area contributed by atoms with Gasteiger partial charge in [0.25, 0.3) is 5.91 Å². The van der Waals surface area contributed by atoms with Crippen LogP contribution in [0.5, 0.6) is 0 Å². The Morgan fingerprint density at radius 1 is 0.911 bits per heavy atom. The Morgan fingerprint density at radius 2 is 1.62 bits per heavy atom. The number of benzene rings is 1. The second-order valence-electron chi connectivity index (χ2n) is 12.3. The van der Waals surface area contributed by atoms with Gasteiger partial charge < -0.3 is 20.7 Å². The molecule has 0 spiro atoms. The summed E-state index contributed by atoms with van der Waals surface area (Å²) in [5, 5.41) is 15.4. The van der Waals surface area contributed by atoms with E-state index in [9.17, 15) is 9.18 Å². The number of amides is 1. The molecule has 0 unspecified atom stereocenters. The molecule has 0 bridgehead atoms. The van der Waals surface area contributed by atoms with Crippen LogP contribution < -0.4 is 16.0 Å². The number of morpholine rings is 1. The number of ether oxygens (including phenoxy) is 1. The molecule has 11 heteroatoms. The van der Waals surface area contributed by atoms with Gasteiger partial charge in [-0.3, -0.25) is 9.69 Å². The summed E-state index contributed by atoms with van der Waals surface area (Å²) in [7, 11) is 0. The van der Waals surface area contributed by atoms with Crippen molar-refractivity contribution in [2.45, 2.75) is 63.5 Å². The summed E-state index contributed by atoms with van der Waals surface area (Å²) < 4.78 is 21.3. The Kier molecular flexibility index (Phi) is 8.88. The van der Waals surface area contributed by atoms with Gasteiger partial charge in [-0.05, 0) is 68.1 Å². The highest BCUT2D eigenvalue weighted by Crippen LogP contribution is 2.37. The number of nitrogens with one attached hydrogen (secondary N) is 3. The first kappa shape index (κ1) is 29.6. The number of fused-ring (bicyclic) bond motifs is 1. The Labute approximate surface area is 262 Å². The van der Waals surface area contributed by atoms with Crippen LogP contribution in [0, 0.1) is 5.82 Å². The van der Waals surface area contributed by atoms with E-state index in [-0.39, 0.29) is 17.8 Å². The first-order valence-electron chi connectivity index (χ1n) is 16.4. The fourth-order valence-electron chi connectivity index (χ4n) is 6.83. The second-order valence-corrected chi connectivity index (χ2v) is 12.3. The molecule has 1 saturated heterocycles. The van der Waals surface area contributed by atoms with Crippen LogP contribution >= 0.6 is 0 Å². The third kappa shape index (κ3) is 6.64. The maximum absolute atomic E-state index is 14.0.